The van der Waals surface area contributed by atoms with Crippen molar-refractivity contribution in [3.05, 3.63) is 71.8 Å². The Morgan fingerprint density at radius 3 is 2.03 bits per heavy atom. The van der Waals surface area contributed by atoms with Crippen LogP contribution in [0.4, 0.5) is 0 Å². The predicted molar refractivity (Wildman–Crippen MR) is 118 cm³/mol. The van der Waals surface area contributed by atoms with Crippen molar-refractivity contribution in [3.63, 3.8) is 0 Å². The number of nitrogens with one attached hydrogen (secondary N) is 1. The van der Waals surface area contributed by atoms with Crippen LogP contribution in [-0.2, 0) is 37.0 Å². The summed E-state index contributed by atoms with van der Waals surface area (Å²) in [5.41, 5.74) is 3.68. The van der Waals surface area contributed by atoms with E-state index in [4.69, 9.17) is 9.57 Å². The molecule has 0 saturated carbocycles. The Balaban J connectivity index is 1.95. The van der Waals surface area contributed by atoms with Crippen molar-refractivity contribution in [2.24, 2.45) is 5.92 Å². The number of amides is 1. The summed E-state index contributed by atoms with van der Waals surface area (Å²) >= 11 is 0. The normalized spacial score (nSPS) is 12.1. The average Bonchev–Trinajstić information content (AvgIpc) is 2.75. The van der Waals surface area contributed by atoms with Gasteiger partial charge in [-0.15, -0.1) is 0 Å². The molecule has 0 radical (unpaired) electrons. The Morgan fingerprint density at radius 1 is 0.871 bits per heavy atom. The van der Waals surface area contributed by atoms with Crippen molar-refractivity contribution >= 4 is 17.7 Å². The Bertz CT molecular complexity index is 843. The zero-order valence-electron chi connectivity index (χ0n) is 18.4. The summed E-state index contributed by atoms with van der Waals surface area (Å²) in [4.78, 5) is 42.8. The number of carbonyl (C=O) groups excluding carboxylic acids is 3. The van der Waals surface area contributed by atoms with Gasteiger partial charge in [-0.1, -0.05) is 60.7 Å². The Labute approximate surface area is 183 Å². The van der Waals surface area contributed by atoms with Gasteiger partial charge in [0.15, 0.2) is 0 Å². The lowest BCUT2D eigenvalue weighted by atomic mass is 9.95. The topological polar surface area (TPSA) is 81.7 Å². The van der Waals surface area contributed by atoms with Crippen molar-refractivity contribution in [1.29, 1.82) is 0 Å². The molecular formula is C25H31NO5. The van der Waals surface area contributed by atoms with Gasteiger partial charge in [0.1, 0.15) is 12.4 Å². The molecule has 0 heterocycles. The number of hydroxylamine groups is 1. The fraction of sp³-hybridized carbons (Fsp3) is 0.400. The number of ketones is 1. The summed E-state index contributed by atoms with van der Waals surface area (Å²) in [7, 11) is 0. The standard InChI is InChI=1S/C25H31NO5/c1-25(2,3)31-26-23(28)17-21(24(29)30-18-20-12-8-5-9-13-20)16-22(27)15-14-19-10-6-4-7-11-19/h4-13,21H,14-18H2,1-3H3,(H,26,28)/t21-/m0/s1. The number of ether oxygens (including phenoxy) is 1. The SMILES string of the molecule is CC(C)(C)ONC(=O)C[C@H](CC(=O)CCc1ccccc1)C(=O)OCc1ccccc1. The van der Waals surface area contributed by atoms with Crippen LogP contribution < -0.4 is 5.48 Å². The van der Waals surface area contributed by atoms with E-state index in [-0.39, 0.29) is 25.2 Å². The first-order valence-corrected chi connectivity index (χ1v) is 10.5. The number of hydrogen-bond acceptors (Lipinski definition) is 5. The van der Waals surface area contributed by atoms with E-state index in [1.165, 1.54) is 0 Å². The van der Waals surface area contributed by atoms with Gasteiger partial charge in [0.05, 0.1) is 11.5 Å². The molecule has 1 atom stereocenters. The highest BCUT2D eigenvalue weighted by Crippen LogP contribution is 2.16. The molecule has 6 heteroatoms. The molecule has 0 bridgehead atoms. The number of carbonyl (C=O) groups is 3. The molecule has 0 aliphatic carbocycles. The predicted octanol–water partition coefficient (Wildman–Crippen LogP) is 4.17. The molecule has 2 rings (SSSR count). The number of rotatable bonds is 11. The zero-order valence-corrected chi connectivity index (χ0v) is 18.4. The minimum atomic E-state index is -0.865. The molecule has 0 saturated heterocycles. The second-order valence-electron chi connectivity index (χ2n) is 8.46. The van der Waals surface area contributed by atoms with Crippen LogP contribution in [-0.4, -0.2) is 23.3 Å². The number of benzene rings is 2. The monoisotopic (exact) mass is 425 g/mol. The van der Waals surface area contributed by atoms with Gasteiger partial charge in [0.25, 0.3) is 0 Å². The Kier molecular flexibility index (Phi) is 9.40. The third-order valence-corrected chi connectivity index (χ3v) is 4.47. The fourth-order valence-corrected chi connectivity index (χ4v) is 2.87. The minimum absolute atomic E-state index is 0.0522. The van der Waals surface area contributed by atoms with Crippen LogP contribution in [0.2, 0.25) is 0 Å². The third kappa shape index (κ3) is 10.0. The van der Waals surface area contributed by atoms with Gasteiger partial charge >= 0.3 is 5.97 Å². The van der Waals surface area contributed by atoms with Crippen molar-refractivity contribution < 1.29 is 24.0 Å². The van der Waals surface area contributed by atoms with Gasteiger partial charge in [0, 0.05) is 19.3 Å². The first-order valence-electron chi connectivity index (χ1n) is 10.5. The molecule has 1 N–H and O–H groups in total. The van der Waals surface area contributed by atoms with E-state index in [0.29, 0.717) is 12.8 Å². The molecule has 6 nitrogen and oxygen atoms in total. The van der Waals surface area contributed by atoms with Crippen LogP contribution in [0, 0.1) is 5.92 Å². The lowest BCUT2D eigenvalue weighted by molar-refractivity contribution is -0.157. The number of aryl methyl sites for hydroxylation is 1. The number of hydrogen-bond donors (Lipinski definition) is 1. The van der Waals surface area contributed by atoms with E-state index in [1.54, 1.807) is 20.8 Å². The zero-order chi connectivity index (χ0) is 22.7. The first kappa shape index (κ1) is 24.3. The summed E-state index contributed by atoms with van der Waals surface area (Å²) in [6, 6.07) is 18.9. The molecule has 31 heavy (non-hydrogen) atoms. The number of Topliss-reactive ketones (excluding diaryl/α,β-unsaturated/α-hetero) is 1. The maximum absolute atomic E-state index is 12.7. The number of esters is 1. The van der Waals surface area contributed by atoms with Crippen molar-refractivity contribution in [1.82, 2.24) is 5.48 Å². The third-order valence-electron chi connectivity index (χ3n) is 4.47. The van der Waals surface area contributed by atoms with E-state index in [2.05, 4.69) is 5.48 Å². The van der Waals surface area contributed by atoms with E-state index in [1.807, 2.05) is 60.7 Å². The summed E-state index contributed by atoms with van der Waals surface area (Å²) in [6.07, 6.45) is 0.654. The Morgan fingerprint density at radius 2 is 1.45 bits per heavy atom. The highest BCUT2D eigenvalue weighted by atomic mass is 16.7. The van der Waals surface area contributed by atoms with Crippen LogP contribution in [0.25, 0.3) is 0 Å². The van der Waals surface area contributed by atoms with Gasteiger partial charge in [-0.2, -0.15) is 0 Å². The van der Waals surface area contributed by atoms with Gasteiger partial charge in [-0.3, -0.25) is 19.2 Å². The molecule has 166 valence electrons. The maximum Gasteiger partial charge on any atom is 0.310 e. The van der Waals surface area contributed by atoms with E-state index in [9.17, 15) is 14.4 Å². The molecular weight excluding hydrogens is 394 g/mol. The summed E-state index contributed by atoms with van der Waals surface area (Å²) in [5.74, 6) is -1.99. The lowest BCUT2D eigenvalue weighted by Gasteiger charge is -2.20. The molecule has 0 aromatic heterocycles. The molecule has 0 fully saturated rings. The fourth-order valence-electron chi connectivity index (χ4n) is 2.87. The van der Waals surface area contributed by atoms with Crippen LogP contribution in [0.5, 0.6) is 0 Å². The second kappa shape index (κ2) is 12.0. The maximum atomic E-state index is 12.7. The van der Waals surface area contributed by atoms with E-state index < -0.39 is 23.4 Å². The largest absolute Gasteiger partial charge is 0.461 e. The van der Waals surface area contributed by atoms with Gasteiger partial charge in [0.2, 0.25) is 5.91 Å². The van der Waals surface area contributed by atoms with Crippen molar-refractivity contribution in [2.75, 3.05) is 0 Å². The first-order chi connectivity index (χ1) is 14.7. The van der Waals surface area contributed by atoms with Crippen LogP contribution in [0.1, 0.15) is 51.2 Å². The van der Waals surface area contributed by atoms with Gasteiger partial charge < -0.3 is 4.74 Å². The highest BCUT2D eigenvalue weighted by Gasteiger charge is 2.27. The van der Waals surface area contributed by atoms with Crippen LogP contribution >= 0.6 is 0 Å². The van der Waals surface area contributed by atoms with Crippen molar-refractivity contribution in [3.8, 4) is 0 Å². The van der Waals surface area contributed by atoms with Crippen LogP contribution in [0.15, 0.2) is 60.7 Å². The molecule has 2 aromatic carbocycles. The Hall–Kier alpha value is -2.99. The van der Waals surface area contributed by atoms with Crippen LogP contribution in [0.3, 0.4) is 0 Å². The lowest BCUT2D eigenvalue weighted by Crippen LogP contribution is -2.36. The quantitative estimate of drug-likeness (QED) is 0.432. The highest BCUT2D eigenvalue weighted by molar-refractivity contribution is 5.88. The van der Waals surface area contributed by atoms with Gasteiger partial charge in [-0.05, 0) is 38.3 Å². The minimum Gasteiger partial charge on any atom is -0.461 e. The smallest absolute Gasteiger partial charge is 0.310 e. The van der Waals surface area contributed by atoms with E-state index >= 15 is 0 Å². The van der Waals surface area contributed by atoms with E-state index in [0.717, 1.165) is 11.1 Å². The van der Waals surface area contributed by atoms with Crippen molar-refractivity contribution in [2.45, 2.75) is 58.7 Å². The summed E-state index contributed by atoms with van der Waals surface area (Å²) in [5, 5.41) is 0. The molecule has 0 unspecified atom stereocenters. The molecule has 0 aliphatic heterocycles. The summed E-state index contributed by atoms with van der Waals surface area (Å²) in [6.45, 7) is 5.48. The van der Waals surface area contributed by atoms with Gasteiger partial charge in [-0.25, -0.2) is 5.48 Å². The molecule has 2 aromatic rings. The molecule has 0 spiro atoms. The molecule has 1 amide bonds. The average molecular weight is 426 g/mol. The second-order valence-corrected chi connectivity index (χ2v) is 8.46. The summed E-state index contributed by atoms with van der Waals surface area (Å²) < 4.78 is 5.39. The molecule has 0 aliphatic rings.